The van der Waals surface area contributed by atoms with Crippen molar-refractivity contribution in [2.45, 2.75) is 39.2 Å². The Kier molecular flexibility index (Phi) is 5.28. The Morgan fingerprint density at radius 2 is 2.36 bits per heavy atom. The summed E-state index contributed by atoms with van der Waals surface area (Å²) in [6.45, 7) is 3.95. The molecular formula is C9H14O2. The van der Waals surface area contributed by atoms with Gasteiger partial charge >= 0.3 is 5.97 Å². The van der Waals surface area contributed by atoms with Gasteiger partial charge in [-0.1, -0.05) is 19.8 Å². The Hall–Kier alpha value is -0.970. The molecule has 0 aliphatic carbocycles. The lowest BCUT2D eigenvalue weighted by Crippen LogP contribution is -2.12. The minimum Gasteiger partial charge on any atom is -0.453 e. The molecule has 0 N–H and O–H groups in total. The van der Waals surface area contributed by atoms with Gasteiger partial charge in [-0.3, -0.25) is 0 Å². The lowest BCUT2D eigenvalue weighted by atomic mass is 10.2. The molecule has 2 heteroatoms. The van der Waals surface area contributed by atoms with Crippen molar-refractivity contribution in [2.75, 3.05) is 0 Å². The maximum Gasteiger partial charge on any atom is 0.384 e. The summed E-state index contributed by atoms with van der Waals surface area (Å²) in [6, 6.07) is 0. The summed E-state index contributed by atoms with van der Waals surface area (Å²) < 4.78 is 4.83. The number of ether oxygens (including phenoxy) is 1. The van der Waals surface area contributed by atoms with Crippen molar-refractivity contribution in [2.24, 2.45) is 0 Å². The van der Waals surface area contributed by atoms with Gasteiger partial charge in [0.05, 0.1) is 0 Å². The van der Waals surface area contributed by atoms with E-state index in [0.717, 1.165) is 19.3 Å². The van der Waals surface area contributed by atoms with Gasteiger partial charge in [0.15, 0.2) is 0 Å². The molecule has 0 radical (unpaired) electrons. The molecule has 0 amide bonds. The Labute approximate surface area is 67.9 Å². The molecule has 0 fully saturated rings. The van der Waals surface area contributed by atoms with Gasteiger partial charge in [0.2, 0.25) is 0 Å². The summed E-state index contributed by atoms with van der Waals surface area (Å²) in [4.78, 5) is 10.5. The fourth-order valence-electron chi connectivity index (χ4n) is 0.767. The van der Waals surface area contributed by atoms with Gasteiger partial charge in [-0.25, -0.2) is 4.79 Å². The number of terminal acetylenes is 1. The number of carbonyl (C=O) groups excluding carboxylic acids is 1. The molecule has 0 aromatic rings. The first-order valence-corrected chi connectivity index (χ1v) is 3.88. The Morgan fingerprint density at radius 1 is 1.73 bits per heavy atom. The topological polar surface area (TPSA) is 26.3 Å². The minimum absolute atomic E-state index is 0.0431. The van der Waals surface area contributed by atoms with E-state index in [1.807, 2.05) is 12.8 Å². The number of carbonyl (C=O) groups is 1. The van der Waals surface area contributed by atoms with Gasteiger partial charge in [-0.15, -0.1) is 6.42 Å². The maximum absolute atomic E-state index is 10.5. The summed E-state index contributed by atoms with van der Waals surface area (Å²) in [5, 5.41) is 0. The molecule has 0 rings (SSSR count). The first kappa shape index (κ1) is 10.0. The average molecular weight is 154 g/mol. The molecule has 0 aromatic carbocycles. The monoisotopic (exact) mass is 154 g/mol. The summed E-state index contributed by atoms with van der Waals surface area (Å²) in [7, 11) is 0. The van der Waals surface area contributed by atoms with Crippen LogP contribution >= 0.6 is 0 Å². The number of unbranched alkanes of at least 4 members (excludes halogenated alkanes) is 1. The largest absolute Gasteiger partial charge is 0.453 e. The second-order valence-corrected chi connectivity index (χ2v) is 2.50. The molecule has 0 saturated heterocycles. The minimum atomic E-state index is -0.561. The van der Waals surface area contributed by atoms with Crippen molar-refractivity contribution >= 4 is 5.97 Å². The SMILES string of the molecule is C#CC(=O)OC(C)CCCC. The summed E-state index contributed by atoms with van der Waals surface area (Å²) in [5.41, 5.74) is 0. The normalized spacial score (nSPS) is 11.7. The van der Waals surface area contributed by atoms with Gasteiger partial charge in [-0.2, -0.15) is 0 Å². The molecule has 0 heterocycles. The van der Waals surface area contributed by atoms with Crippen molar-refractivity contribution in [1.29, 1.82) is 0 Å². The molecule has 0 bridgehead atoms. The van der Waals surface area contributed by atoms with Crippen LogP contribution in [0.15, 0.2) is 0 Å². The molecule has 1 unspecified atom stereocenters. The van der Waals surface area contributed by atoms with E-state index in [1.165, 1.54) is 0 Å². The van der Waals surface area contributed by atoms with Crippen LogP contribution in [-0.2, 0) is 9.53 Å². The maximum atomic E-state index is 10.5. The highest BCUT2D eigenvalue weighted by atomic mass is 16.5. The summed E-state index contributed by atoms with van der Waals surface area (Å²) in [6.07, 6.45) is 7.85. The smallest absolute Gasteiger partial charge is 0.384 e. The van der Waals surface area contributed by atoms with Crippen LogP contribution in [0.3, 0.4) is 0 Å². The third kappa shape index (κ3) is 5.47. The van der Waals surface area contributed by atoms with Crippen LogP contribution in [0.25, 0.3) is 0 Å². The van der Waals surface area contributed by atoms with Crippen LogP contribution < -0.4 is 0 Å². The molecule has 1 atom stereocenters. The molecule has 0 spiro atoms. The third-order valence-corrected chi connectivity index (χ3v) is 1.39. The molecule has 62 valence electrons. The number of esters is 1. The van der Waals surface area contributed by atoms with Gasteiger partial charge < -0.3 is 4.74 Å². The van der Waals surface area contributed by atoms with E-state index < -0.39 is 5.97 Å². The second-order valence-electron chi connectivity index (χ2n) is 2.50. The Balaban J connectivity index is 3.45. The highest BCUT2D eigenvalue weighted by molar-refractivity contribution is 5.87. The molecule has 0 aliphatic heterocycles. The highest BCUT2D eigenvalue weighted by Gasteiger charge is 2.04. The first-order valence-electron chi connectivity index (χ1n) is 3.88. The van der Waals surface area contributed by atoms with Crippen LogP contribution in [0.1, 0.15) is 33.1 Å². The molecule has 0 aliphatic rings. The molecular weight excluding hydrogens is 140 g/mol. The molecule has 0 aromatic heterocycles. The van der Waals surface area contributed by atoms with E-state index >= 15 is 0 Å². The molecule has 0 saturated carbocycles. The fraction of sp³-hybridized carbons (Fsp3) is 0.667. The van der Waals surface area contributed by atoms with Gasteiger partial charge in [-0.05, 0) is 13.3 Å². The standard InChI is InChI=1S/C9H14O2/c1-4-6-7-8(3)11-9(10)5-2/h2,8H,4,6-7H2,1,3H3. The van der Waals surface area contributed by atoms with Crippen LogP contribution in [0.2, 0.25) is 0 Å². The van der Waals surface area contributed by atoms with Gasteiger partial charge in [0, 0.05) is 5.92 Å². The van der Waals surface area contributed by atoms with Crippen LogP contribution in [0.4, 0.5) is 0 Å². The molecule has 2 nitrogen and oxygen atoms in total. The van der Waals surface area contributed by atoms with Crippen LogP contribution in [0.5, 0.6) is 0 Å². The van der Waals surface area contributed by atoms with Crippen molar-refractivity contribution in [3.05, 3.63) is 0 Å². The lowest BCUT2D eigenvalue weighted by Gasteiger charge is -2.09. The van der Waals surface area contributed by atoms with E-state index in [1.54, 1.807) is 0 Å². The zero-order valence-corrected chi connectivity index (χ0v) is 7.09. The van der Waals surface area contributed by atoms with E-state index in [2.05, 4.69) is 6.92 Å². The summed E-state index contributed by atoms with van der Waals surface area (Å²) in [5.74, 6) is 1.35. The highest BCUT2D eigenvalue weighted by Crippen LogP contribution is 2.03. The van der Waals surface area contributed by atoms with Gasteiger partial charge in [0.25, 0.3) is 0 Å². The molecule has 11 heavy (non-hydrogen) atoms. The van der Waals surface area contributed by atoms with Crippen molar-refractivity contribution < 1.29 is 9.53 Å². The number of hydrogen-bond donors (Lipinski definition) is 0. The zero-order chi connectivity index (χ0) is 8.69. The lowest BCUT2D eigenvalue weighted by molar-refractivity contribution is -0.141. The predicted molar refractivity (Wildman–Crippen MR) is 43.9 cm³/mol. The summed E-state index contributed by atoms with van der Waals surface area (Å²) >= 11 is 0. The predicted octanol–water partition coefficient (Wildman–Crippen LogP) is 1.74. The van der Waals surface area contributed by atoms with Crippen LogP contribution in [0, 0.1) is 12.3 Å². The Bertz CT molecular complexity index is 155. The second kappa shape index (κ2) is 5.79. The average Bonchev–Trinajstić information content (AvgIpc) is 2.00. The van der Waals surface area contributed by atoms with E-state index in [0.29, 0.717) is 0 Å². The van der Waals surface area contributed by atoms with E-state index in [4.69, 9.17) is 11.2 Å². The van der Waals surface area contributed by atoms with Crippen molar-refractivity contribution in [1.82, 2.24) is 0 Å². The Morgan fingerprint density at radius 3 is 2.82 bits per heavy atom. The quantitative estimate of drug-likeness (QED) is 0.350. The number of rotatable bonds is 4. The van der Waals surface area contributed by atoms with Gasteiger partial charge in [0.1, 0.15) is 6.10 Å². The fourth-order valence-corrected chi connectivity index (χ4v) is 0.767. The van der Waals surface area contributed by atoms with Crippen molar-refractivity contribution in [3.63, 3.8) is 0 Å². The number of hydrogen-bond acceptors (Lipinski definition) is 2. The third-order valence-electron chi connectivity index (χ3n) is 1.39. The zero-order valence-electron chi connectivity index (χ0n) is 7.09. The van der Waals surface area contributed by atoms with Crippen molar-refractivity contribution in [3.8, 4) is 12.3 Å². The first-order chi connectivity index (χ1) is 5.20. The van der Waals surface area contributed by atoms with Crippen LogP contribution in [-0.4, -0.2) is 12.1 Å². The van der Waals surface area contributed by atoms with E-state index in [-0.39, 0.29) is 6.10 Å². The van der Waals surface area contributed by atoms with E-state index in [9.17, 15) is 4.79 Å².